The Morgan fingerprint density at radius 1 is 1.32 bits per heavy atom. The zero-order chi connectivity index (χ0) is 13.7. The molecule has 0 radical (unpaired) electrons. The van der Waals surface area contributed by atoms with E-state index in [1.165, 1.54) is 18.9 Å². The van der Waals surface area contributed by atoms with E-state index in [4.69, 9.17) is 0 Å². The number of aliphatic hydroxyl groups excluding tert-OH is 1. The van der Waals surface area contributed by atoms with Gasteiger partial charge in [0.05, 0.1) is 6.10 Å². The highest BCUT2D eigenvalue weighted by Gasteiger charge is 2.22. The summed E-state index contributed by atoms with van der Waals surface area (Å²) >= 11 is 0. The van der Waals surface area contributed by atoms with Crippen molar-refractivity contribution in [2.45, 2.75) is 63.6 Å². The average molecular weight is 265 g/mol. The molecule has 1 aromatic rings. The molecule has 0 amide bonds. The lowest BCUT2D eigenvalue weighted by molar-refractivity contribution is 0.114. The van der Waals surface area contributed by atoms with Crippen molar-refractivity contribution in [2.24, 2.45) is 0 Å². The van der Waals surface area contributed by atoms with Gasteiger partial charge in [-0.1, -0.05) is 31.4 Å². The van der Waals surface area contributed by atoms with Gasteiger partial charge in [-0.25, -0.2) is 4.39 Å². The fourth-order valence-electron chi connectivity index (χ4n) is 2.92. The van der Waals surface area contributed by atoms with Crippen LogP contribution in [0.3, 0.4) is 0 Å². The van der Waals surface area contributed by atoms with E-state index < -0.39 is 0 Å². The number of nitrogens with one attached hydrogen (secondary N) is 1. The zero-order valence-electron chi connectivity index (χ0n) is 11.6. The molecule has 1 aliphatic rings. The summed E-state index contributed by atoms with van der Waals surface area (Å²) < 4.78 is 13.1. The van der Waals surface area contributed by atoms with Crippen LogP contribution in [0.25, 0.3) is 0 Å². The summed E-state index contributed by atoms with van der Waals surface area (Å²) in [6.07, 6.45) is 6.00. The molecule has 0 spiro atoms. The summed E-state index contributed by atoms with van der Waals surface area (Å²) in [5.74, 6) is -0.181. The van der Waals surface area contributed by atoms with Crippen molar-refractivity contribution in [3.8, 4) is 0 Å². The van der Waals surface area contributed by atoms with Gasteiger partial charge in [-0.05, 0) is 43.9 Å². The van der Waals surface area contributed by atoms with Crippen LogP contribution in [0, 0.1) is 5.82 Å². The second-order valence-electron chi connectivity index (χ2n) is 5.71. The first-order chi connectivity index (χ1) is 9.15. The number of hydrogen-bond donors (Lipinski definition) is 2. The van der Waals surface area contributed by atoms with Gasteiger partial charge in [-0.3, -0.25) is 0 Å². The zero-order valence-corrected chi connectivity index (χ0v) is 11.6. The topological polar surface area (TPSA) is 32.3 Å². The van der Waals surface area contributed by atoms with Gasteiger partial charge in [-0.2, -0.15) is 0 Å². The molecule has 1 fully saturated rings. The smallest absolute Gasteiger partial charge is 0.123 e. The van der Waals surface area contributed by atoms with E-state index in [0.29, 0.717) is 0 Å². The van der Waals surface area contributed by atoms with Crippen molar-refractivity contribution in [1.82, 2.24) is 5.32 Å². The Bertz CT molecular complexity index is 396. The molecule has 0 aliphatic heterocycles. The van der Waals surface area contributed by atoms with Gasteiger partial charge in [0.1, 0.15) is 5.82 Å². The normalized spacial score (nSPS) is 25.8. The Morgan fingerprint density at radius 3 is 2.89 bits per heavy atom. The third-order valence-electron chi connectivity index (χ3n) is 3.91. The predicted octanol–water partition coefficient (Wildman–Crippen LogP) is 3.04. The molecule has 0 aromatic heterocycles. The summed E-state index contributed by atoms with van der Waals surface area (Å²) in [6.45, 7) is 2.10. The van der Waals surface area contributed by atoms with E-state index in [1.807, 2.05) is 6.07 Å². The summed E-state index contributed by atoms with van der Waals surface area (Å²) in [5, 5.41) is 13.6. The van der Waals surface area contributed by atoms with Crippen molar-refractivity contribution < 1.29 is 9.50 Å². The molecule has 19 heavy (non-hydrogen) atoms. The molecule has 0 bridgehead atoms. The highest BCUT2D eigenvalue weighted by atomic mass is 19.1. The maximum absolute atomic E-state index is 13.1. The number of hydrogen-bond acceptors (Lipinski definition) is 2. The summed E-state index contributed by atoms with van der Waals surface area (Å²) in [5.41, 5.74) is 1.00. The molecular weight excluding hydrogens is 241 g/mol. The van der Waals surface area contributed by atoms with E-state index >= 15 is 0 Å². The highest BCUT2D eigenvalue weighted by molar-refractivity contribution is 5.17. The fraction of sp³-hybridized carbons (Fsp3) is 0.625. The van der Waals surface area contributed by atoms with Crippen molar-refractivity contribution >= 4 is 0 Å². The Kier molecular flexibility index (Phi) is 5.34. The lowest BCUT2D eigenvalue weighted by Crippen LogP contribution is -2.44. The van der Waals surface area contributed by atoms with Gasteiger partial charge in [-0.15, -0.1) is 0 Å². The van der Waals surface area contributed by atoms with Gasteiger partial charge in [0.2, 0.25) is 0 Å². The molecule has 0 heterocycles. The van der Waals surface area contributed by atoms with E-state index in [-0.39, 0.29) is 24.0 Å². The van der Waals surface area contributed by atoms with Crippen LogP contribution in [-0.2, 0) is 6.42 Å². The van der Waals surface area contributed by atoms with Gasteiger partial charge < -0.3 is 10.4 Å². The molecule has 2 nitrogen and oxygen atoms in total. The number of halogens is 1. The third-order valence-corrected chi connectivity index (χ3v) is 3.91. The lowest BCUT2D eigenvalue weighted by Gasteiger charge is -2.26. The van der Waals surface area contributed by atoms with Crippen LogP contribution in [0.1, 0.15) is 44.6 Å². The standard InChI is InChI=1S/C16H24FNO/c1-12(10-13-6-5-7-14(17)11-13)18-15-8-3-2-4-9-16(15)19/h5-7,11-12,15-16,18-19H,2-4,8-10H2,1H3. The monoisotopic (exact) mass is 265 g/mol. The number of aliphatic hydroxyl groups is 1. The van der Waals surface area contributed by atoms with Gasteiger partial charge in [0.25, 0.3) is 0 Å². The maximum atomic E-state index is 13.1. The van der Waals surface area contributed by atoms with Gasteiger partial charge in [0, 0.05) is 12.1 Å². The van der Waals surface area contributed by atoms with E-state index in [9.17, 15) is 9.50 Å². The fourth-order valence-corrected chi connectivity index (χ4v) is 2.92. The Labute approximate surface area is 115 Å². The average Bonchev–Trinajstić information content (AvgIpc) is 2.55. The first-order valence-electron chi connectivity index (χ1n) is 7.33. The van der Waals surface area contributed by atoms with E-state index in [1.54, 1.807) is 12.1 Å². The second-order valence-corrected chi connectivity index (χ2v) is 5.71. The molecule has 106 valence electrons. The van der Waals surface area contributed by atoms with Crippen LogP contribution in [0.4, 0.5) is 4.39 Å². The van der Waals surface area contributed by atoms with Crippen LogP contribution in [0.5, 0.6) is 0 Å². The molecule has 1 saturated carbocycles. The quantitative estimate of drug-likeness (QED) is 0.820. The first-order valence-corrected chi connectivity index (χ1v) is 7.33. The summed E-state index contributed by atoms with van der Waals surface area (Å²) in [4.78, 5) is 0. The van der Waals surface area contributed by atoms with E-state index in [0.717, 1.165) is 31.2 Å². The minimum absolute atomic E-state index is 0.181. The molecule has 2 rings (SSSR count). The van der Waals surface area contributed by atoms with Crippen LogP contribution in [-0.4, -0.2) is 23.3 Å². The Morgan fingerprint density at radius 2 is 2.11 bits per heavy atom. The third kappa shape index (κ3) is 4.59. The molecule has 3 unspecified atom stereocenters. The molecule has 3 atom stereocenters. The minimum Gasteiger partial charge on any atom is -0.392 e. The largest absolute Gasteiger partial charge is 0.392 e. The van der Waals surface area contributed by atoms with Gasteiger partial charge in [0.15, 0.2) is 0 Å². The predicted molar refractivity (Wildman–Crippen MR) is 75.6 cm³/mol. The highest BCUT2D eigenvalue weighted by Crippen LogP contribution is 2.19. The van der Waals surface area contributed by atoms with Crippen LogP contribution >= 0.6 is 0 Å². The minimum atomic E-state index is -0.238. The SMILES string of the molecule is CC(Cc1cccc(F)c1)NC1CCCCCC1O. The van der Waals surface area contributed by atoms with Crippen molar-refractivity contribution in [1.29, 1.82) is 0 Å². The molecule has 1 aliphatic carbocycles. The summed E-state index contributed by atoms with van der Waals surface area (Å²) in [7, 11) is 0. The molecule has 3 heteroatoms. The number of rotatable bonds is 4. The van der Waals surface area contributed by atoms with E-state index in [2.05, 4.69) is 12.2 Å². The molecular formula is C16H24FNO. The van der Waals surface area contributed by atoms with Gasteiger partial charge >= 0.3 is 0 Å². The van der Waals surface area contributed by atoms with Crippen molar-refractivity contribution in [3.05, 3.63) is 35.6 Å². The molecule has 1 aromatic carbocycles. The van der Waals surface area contributed by atoms with Crippen LogP contribution in [0.2, 0.25) is 0 Å². The number of benzene rings is 1. The maximum Gasteiger partial charge on any atom is 0.123 e. The lowest BCUT2D eigenvalue weighted by atomic mass is 10.0. The first kappa shape index (κ1) is 14.5. The Hall–Kier alpha value is -0.930. The van der Waals surface area contributed by atoms with Crippen molar-refractivity contribution in [3.63, 3.8) is 0 Å². The Balaban J connectivity index is 1.87. The van der Waals surface area contributed by atoms with Crippen molar-refractivity contribution in [2.75, 3.05) is 0 Å². The second kappa shape index (κ2) is 7.01. The van der Waals surface area contributed by atoms with Crippen LogP contribution < -0.4 is 5.32 Å². The summed E-state index contributed by atoms with van der Waals surface area (Å²) in [6, 6.07) is 7.19. The molecule has 0 saturated heterocycles. The van der Waals surface area contributed by atoms with Crippen LogP contribution in [0.15, 0.2) is 24.3 Å². The molecule has 2 N–H and O–H groups in total.